The van der Waals surface area contributed by atoms with E-state index in [1.165, 1.54) is 18.4 Å². The van der Waals surface area contributed by atoms with Crippen LogP contribution in [0.4, 0.5) is 5.69 Å². The molecule has 3 aromatic rings. The maximum absolute atomic E-state index is 12.9. The first-order valence-electron chi connectivity index (χ1n) is 12.7. The van der Waals surface area contributed by atoms with E-state index in [2.05, 4.69) is 14.9 Å². The first-order chi connectivity index (χ1) is 17.3. The van der Waals surface area contributed by atoms with E-state index in [4.69, 9.17) is 27.8 Å². The number of benzene rings is 2. The first-order valence-corrected chi connectivity index (χ1v) is 13.1. The number of hydrogen-bond acceptors (Lipinski definition) is 5. The molecule has 3 heterocycles. The molecule has 0 amide bonds. The second-order valence-corrected chi connectivity index (χ2v) is 11.7. The SMILES string of the molecule is NC(N)=Nc1cc2[nH]c3c(c2cc1Cl)C[C@@]1(O)C2Cc4ccc(O)c5c4[C@@]1(CCN2CC1CC1)[C@H]3O5. The van der Waals surface area contributed by atoms with Crippen LogP contribution in [0.25, 0.3) is 10.9 Å². The Hall–Kier alpha value is -2.94. The lowest BCUT2D eigenvalue weighted by atomic mass is 9.49. The topological polar surface area (TPSA) is 133 Å². The third kappa shape index (κ3) is 2.45. The average Bonchev–Trinajstić information content (AvgIpc) is 3.48. The van der Waals surface area contributed by atoms with Gasteiger partial charge in [0.2, 0.25) is 0 Å². The Morgan fingerprint density at radius 3 is 2.89 bits per heavy atom. The molecule has 1 unspecified atom stereocenters. The van der Waals surface area contributed by atoms with Crippen LogP contribution >= 0.6 is 11.6 Å². The molecule has 2 aromatic carbocycles. The fourth-order valence-electron chi connectivity index (χ4n) is 7.86. The number of phenolic OH excluding ortho intramolecular Hbond substituents is 1. The predicted molar refractivity (Wildman–Crippen MR) is 137 cm³/mol. The Labute approximate surface area is 212 Å². The van der Waals surface area contributed by atoms with Crippen molar-refractivity contribution in [3.8, 4) is 11.5 Å². The summed E-state index contributed by atoms with van der Waals surface area (Å²) in [6.07, 6.45) is 4.12. The minimum atomic E-state index is -1.04. The van der Waals surface area contributed by atoms with Gasteiger partial charge in [0.05, 0.1) is 27.4 Å². The van der Waals surface area contributed by atoms with Crippen LogP contribution in [0.2, 0.25) is 5.02 Å². The van der Waals surface area contributed by atoms with Crippen molar-refractivity contribution in [2.75, 3.05) is 13.1 Å². The molecule has 3 aliphatic carbocycles. The maximum Gasteiger partial charge on any atom is 0.191 e. The molecule has 5 aliphatic rings. The Balaban J connectivity index is 1.38. The fourth-order valence-corrected chi connectivity index (χ4v) is 8.06. The van der Waals surface area contributed by atoms with Crippen LogP contribution in [0.3, 0.4) is 0 Å². The number of H-pyrrole nitrogens is 1. The number of aromatic hydroxyl groups is 1. The number of guanidine groups is 1. The number of piperidine rings is 1. The number of nitrogens with one attached hydrogen (secondary N) is 1. The van der Waals surface area contributed by atoms with Gasteiger partial charge in [-0.25, -0.2) is 4.99 Å². The molecule has 1 saturated heterocycles. The largest absolute Gasteiger partial charge is 0.504 e. The van der Waals surface area contributed by atoms with Crippen molar-refractivity contribution in [2.24, 2.45) is 22.4 Å². The number of aromatic nitrogens is 1. The lowest BCUT2D eigenvalue weighted by Gasteiger charge is -2.62. The summed E-state index contributed by atoms with van der Waals surface area (Å²) in [6.45, 7) is 1.94. The molecule has 4 atom stereocenters. The van der Waals surface area contributed by atoms with Crippen LogP contribution in [0.5, 0.6) is 11.5 Å². The summed E-state index contributed by atoms with van der Waals surface area (Å²) in [6, 6.07) is 7.46. The Morgan fingerprint density at radius 2 is 2.11 bits per heavy atom. The molecular weight excluding hydrogens is 478 g/mol. The zero-order valence-corrected chi connectivity index (χ0v) is 20.5. The molecule has 1 saturated carbocycles. The number of ether oxygens (including phenoxy) is 1. The molecule has 8 rings (SSSR count). The van der Waals surface area contributed by atoms with E-state index in [-0.39, 0.29) is 17.8 Å². The Bertz CT molecular complexity index is 1510. The summed E-state index contributed by atoms with van der Waals surface area (Å²) in [5, 5.41) is 25.1. The minimum absolute atomic E-state index is 0.0181. The number of rotatable bonds is 3. The number of fused-ring (bicyclic) bond motifs is 4. The normalized spacial score (nSPS) is 31.6. The van der Waals surface area contributed by atoms with Gasteiger partial charge in [0.15, 0.2) is 23.6 Å². The van der Waals surface area contributed by atoms with Crippen molar-refractivity contribution in [3.05, 3.63) is 51.7 Å². The number of hydrogen-bond donors (Lipinski definition) is 5. The van der Waals surface area contributed by atoms with Crippen LogP contribution < -0.4 is 16.2 Å². The van der Waals surface area contributed by atoms with Gasteiger partial charge < -0.3 is 31.4 Å². The van der Waals surface area contributed by atoms with Crippen molar-refractivity contribution in [3.63, 3.8) is 0 Å². The molecule has 1 spiro atoms. The van der Waals surface area contributed by atoms with Gasteiger partial charge >= 0.3 is 0 Å². The van der Waals surface area contributed by atoms with E-state index in [1.807, 2.05) is 18.2 Å². The highest BCUT2D eigenvalue weighted by Crippen LogP contribution is 2.69. The smallest absolute Gasteiger partial charge is 0.191 e. The second kappa shape index (κ2) is 6.68. The van der Waals surface area contributed by atoms with Crippen LogP contribution in [-0.2, 0) is 18.3 Å². The van der Waals surface area contributed by atoms with E-state index in [0.717, 1.165) is 59.6 Å². The Morgan fingerprint density at radius 1 is 1.28 bits per heavy atom. The molecule has 2 fully saturated rings. The molecule has 7 N–H and O–H groups in total. The van der Waals surface area contributed by atoms with Crippen molar-refractivity contribution < 1.29 is 14.9 Å². The number of nitrogens with zero attached hydrogens (tertiary/aromatic N) is 2. The van der Waals surface area contributed by atoms with Crippen molar-refractivity contribution in [1.29, 1.82) is 0 Å². The summed E-state index contributed by atoms with van der Waals surface area (Å²) in [4.78, 5) is 10.3. The van der Waals surface area contributed by atoms with Crippen molar-refractivity contribution in [1.82, 2.24) is 9.88 Å². The molecule has 2 bridgehead atoms. The van der Waals surface area contributed by atoms with Gasteiger partial charge in [-0.05, 0) is 67.5 Å². The van der Waals surface area contributed by atoms with E-state index in [9.17, 15) is 10.2 Å². The second-order valence-electron chi connectivity index (χ2n) is 11.3. The summed E-state index contributed by atoms with van der Waals surface area (Å²) < 4.78 is 6.62. The van der Waals surface area contributed by atoms with E-state index < -0.39 is 17.1 Å². The number of likely N-dealkylation sites (tertiary alicyclic amines) is 1. The summed E-state index contributed by atoms with van der Waals surface area (Å²) in [7, 11) is 0. The third-order valence-electron chi connectivity index (χ3n) is 9.48. The van der Waals surface area contributed by atoms with Gasteiger partial charge in [-0.3, -0.25) is 4.90 Å². The number of aliphatic imine (C=N–C) groups is 1. The highest BCUT2D eigenvalue weighted by molar-refractivity contribution is 6.34. The van der Waals surface area contributed by atoms with Crippen LogP contribution in [-0.4, -0.2) is 50.8 Å². The number of aromatic amines is 1. The number of nitrogens with two attached hydrogens (primary N) is 2. The minimum Gasteiger partial charge on any atom is -0.504 e. The van der Waals surface area contributed by atoms with Crippen LogP contribution in [0.1, 0.15) is 47.8 Å². The fraction of sp³-hybridized carbons (Fsp3) is 0.444. The highest BCUT2D eigenvalue weighted by atomic mass is 35.5. The molecule has 186 valence electrons. The number of halogens is 1. The Kier molecular flexibility index (Phi) is 3.93. The summed E-state index contributed by atoms with van der Waals surface area (Å²) in [5.41, 5.74) is 15.0. The zero-order valence-electron chi connectivity index (χ0n) is 19.7. The van der Waals surface area contributed by atoms with Gasteiger partial charge in [0.1, 0.15) is 0 Å². The lowest BCUT2D eigenvalue weighted by Crippen LogP contribution is -2.74. The van der Waals surface area contributed by atoms with Gasteiger partial charge in [-0.15, -0.1) is 0 Å². The highest BCUT2D eigenvalue weighted by Gasteiger charge is 2.72. The number of aliphatic hydroxyl groups is 1. The average molecular weight is 506 g/mol. The molecule has 8 nitrogen and oxygen atoms in total. The van der Waals surface area contributed by atoms with Crippen molar-refractivity contribution >= 4 is 34.2 Å². The van der Waals surface area contributed by atoms with Crippen molar-refractivity contribution in [2.45, 2.75) is 55.3 Å². The van der Waals surface area contributed by atoms with E-state index >= 15 is 0 Å². The van der Waals surface area contributed by atoms with Crippen LogP contribution in [0, 0.1) is 5.92 Å². The van der Waals surface area contributed by atoms with Gasteiger partial charge in [0, 0.05) is 35.5 Å². The van der Waals surface area contributed by atoms with E-state index in [1.54, 1.807) is 6.07 Å². The molecule has 36 heavy (non-hydrogen) atoms. The van der Waals surface area contributed by atoms with Gasteiger partial charge in [-0.2, -0.15) is 0 Å². The van der Waals surface area contributed by atoms with Gasteiger partial charge in [-0.1, -0.05) is 17.7 Å². The van der Waals surface area contributed by atoms with Gasteiger partial charge in [0.25, 0.3) is 0 Å². The lowest BCUT2D eigenvalue weighted by molar-refractivity contribution is -0.173. The molecular formula is C27H28ClN5O3. The monoisotopic (exact) mass is 505 g/mol. The molecule has 9 heteroatoms. The molecule has 1 aromatic heterocycles. The quantitative estimate of drug-likeness (QED) is 0.274. The first kappa shape index (κ1) is 21.2. The molecule has 2 aliphatic heterocycles. The van der Waals surface area contributed by atoms with Crippen LogP contribution in [0.15, 0.2) is 29.3 Å². The summed E-state index contributed by atoms with van der Waals surface area (Å²) >= 11 is 6.58. The number of phenols is 1. The summed E-state index contributed by atoms with van der Waals surface area (Å²) in [5.74, 6) is 1.33. The maximum atomic E-state index is 12.9. The molecule has 0 radical (unpaired) electrons. The van der Waals surface area contributed by atoms with E-state index in [0.29, 0.717) is 22.9 Å². The third-order valence-corrected chi connectivity index (χ3v) is 9.78. The predicted octanol–water partition coefficient (Wildman–Crippen LogP) is 3.13. The standard InChI is InChI=1S/C27H28ClN5O3/c28-16-8-14-15-10-27(35)20-7-13-3-4-19(34)23-21(13)26(27,5-6-33(20)11-12-1-2-12)24(36-23)22(15)31-17(14)9-18(16)32-25(29)30/h3-4,8-9,12,20,24,31,34-35H,1-2,5-7,10-11H2,(H4,29,30,32)/t20?,24-,26-,27+/m0/s1. The zero-order chi connectivity index (χ0) is 24.6.